The molecule has 0 spiro atoms. The highest BCUT2D eigenvalue weighted by Gasteiger charge is 2.05. The fraction of sp³-hybridized carbons (Fsp3) is 0.250. The number of hydrogen-bond donors (Lipinski definition) is 2. The van der Waals surface area contributed by atoms with Gasteiger partial charge in [-0.3, -0.25) is 4.79 Å². The largest absolute Gasteiger partial charge is 0.384 e. The van der Waals surface area contributed by atoms with E-state index in [0.29, 0.717) is 12.4 Å². The van der Waals surface area contributed by atoms with Gasteiger partial charge in [-0.2, -0.15) is 0 Å². The third kappa shape index (κ3) is 10.8. The number of hydrogen-bond acceptors (Lipinski definition) is 4. The van der Waals surface area contributed by atoms with Gasteiger partial charge in [-0.05, 0) is 71.8 Å². The van der Waals surface area contributed by atoms with Crippen LogP contribution in [0.25, 0.3) is 32.9 Å². The van der Waals surface area contributed by atoms with Gasteiger partial charge in [0, 0.05) is 15.8 Å². The molecule has 0 fully saturated rings. The average molecular weight is 516 g/mol. The summed E-state index contributed by atoms with van der Waals surface area (Å²) in [6.45, 7) is 16.8. The number of pyridine rings is 1. The molecular formula is C32H41N3OS. The number of anilines is 1. The van der Waals surface area contributed by atoms with Crippen LogP contribution < -0.4 is 11.1 Å². The number of fused-ring (bicyclic) bond motifs is 1. The lowest BCUT2D eigenvalue weighted by Crippen LogP contribution is -2.07. The second-order valence-corrected chi connectivity index (χ2v) is 9.21. The number of carbonyl (C=O) groups excluding carboxylic acids is 1. The Bertz CT molecular complexity index is 1240. The summed E-state index contributed by atoms with van der Waals surface area (Å²) in [5, 5.41) is 3.93. The van der Waals surface area contributed by atoms with E-state index in [1.54, 1.807) is 23.6 Å². The molecule has 0 saturated heterocycles. The summed E-state index contributed by atoms with van der Waals surface area (Å²) in [4.78, 5) is 15.5. The number of carbonyl (C=O) groups is 1. The normalized spacial score (nSPS) is 9.78. The van der Waals surface area contributed by atoms with Crippen molar-refractivity contribution >= 4 is 45.3 Å². The van der Waals surface area contributed by atoms with Crippen molar-refractivity contribution < 1.29 is 4.79 Å². The van der Waals surface area contributed by atoms with Crippen molar-refractivity contribution in [1.82, 2.24) is 10.3 Å². The minimum atomic E-state index is 0.563. The Morgan fingerprint density at radius 1 is 1.03 bits per heavy atom. The van der Waals surface area contributed by atoms with Crippen molar-refractivity contribution in [2.75, 3.05) is 5.73 Å². The summed E-state index contributed by atoms with van der Waals surface area (Å²) in [5.74, 6) is 0.563. The van der Waals surface area contributed by atoms with Crippen LogP contribution in [0.1, 0.15) is 64.0 Å². The Labute approximate surface area is 227 Å². The first kappa shape index (κ1) is 31.3. The molecule has 1 amide bonds. The minimum Gasteiger partial charge on any atom is -0.384 e. The number of rotatable bonds is 6. The zero-order valence-corrected chi connectivity index (χ0v) is 23.9. The first-order valence-corrected chi connectivity index (χ1v) is 13.5. The zero-order valence-electron chi connectivity index (χ0n) is 23.0. The number of aromatic nitrogens is 1. The molecule has 0 aliphatic carbocycles. The molecule has 0 aliphatic heterocycles. The van der Waals surface area contributed by atoms with E-state index in [1.165, 1.54) is 33.2 Å². The van der Waals surface area contributed by atoms with E-state index in [4.69, 9.17) is 5.73 Å². The number of amides is 1. The molecule has 4 rings (SSSR count). The lowest BCUT2D eigenvalue weighted by molar-refractivity contribution is -0.109. The lowest BCUT2D eigenvalue weighted by atomic mass is 10.0. The third-order valence-electron chi connectivity index (χ3n) is 4.81. The van der Waals surface area contributed by atoms with E-state index < -0.39 is 0 Å². The van der Waals surface area contributed by atoms with Gasteiger partial charge < -0.3 is 11.1 Å². The van der Waals surface area contributed by atoms with E-state index in [0.717, 1.165) is 22.4 Å². The summed E-state index contributed by atoms with van der Waals surface area (Å²) in [7, 11) is 0. The van der Waals surface area contributed by atoms with E-state index in [2.05, 4.69) is 79.3 Å². The van der Waals surface area contributed by atoms with Crippen molar-refractivity contribution in [2.24, 2.45) is 0 Å². The second kappa shape index (κ2) is 17.7. The standard InChI is InChI=1S/C19H17NOS.C8H10N2.C3H8.C2H6/c1-13(2)14-3-5-15(6-4-14)16-7-8-19-17(9-16)10-18(22-19)11-20-12-21;1-2-3-7-4-5-8(9)10-6-7;1-3-2;1-2/h3-10,12H,1,11H2,2H3,(H,20,21);2-6H,1H3,(H2,9,10);3H2,1-2H3;1-2H3/b;3-2+;;. The average Bonchev–Trinajstić information content (AvgIpc) is 3.33. The van der Waals surface area contributed by atoms with Gasteiger partial charge in [-0.15, -0.1) is 11.3 Å². The van der Waals surface area contributed by atoms with Gasteiger partial charge in [0.25, 0.3) is 0 Å². The maximum Gasteiger partial charge on any atom is 0.207 e. The monoisotopic (exact) mass is 515 g/mol. The van der Waals surface area contributed by atoms with Crippen molar-refractivity contribution in [3.8, 4) is 11.1 Å². The van der Waals surface area contributed by atoms with Gasteiger partial charge in [0.05, 0.1) is 6.54 Å². The number of allylic oxidation sites excluding steroid dienone is 2. The molecule has 0 unspecified atom stereocenters. The van der Waals surface area contributed by atoms with E-state index in [9.17, 15) is 4.79 Å². The molecule has 2 aromatic carbocycles. The number of thiophene rings is 1. The molecular weight excluding hydrogens is 474 g/mol. The molecule has 0 radical (unpaired) electrons. The van der Waals surface area contributed by atoms with Gasteiger partial charge in [0.2, 0.25) is 6.41 Å². The third-order valence-corrected chi connectivity index (χ3v) is 5.92. The second-order valence-electron chi connectivity index (χ2n) is 8.05. The number of nitrogen functional groups attached to an aromatic ring is 1. The smallest absolute Gasteiger partial charge is 0.207 e. The van der Waals surface area contributed by atoms with Crippen LogP contribution in [0.15, 0.2) is 79.5 Å². The quantitative estimate of drug-likeness (QED) is 0.252. The molecule has 0 atom stereocenters. The molecule has 0 bridgehead atoms. The number of nitrogens with two attached hydrogens (primary N) is 1. The summed E-state index contributed by atoms with van der Waals surface area (Å²) < 4.78 is 1.24. The van der Waals surface area contributed by atoms with Crippen molar-refractivity contribution in [3.05, 3.63) is 95.5 Å². The van der Waals surface area contributed by atoms with Crippen LogP contribution in [0.5, 0.6) is 0 Å². The topological polar surface area (TPSA) is 68.0 Å². The van der Waals surface area contributed by atoms with E-state index in [1.807, 2.05) is 45.9 Å². The van der Waals surface area contributed by atoms with Crippen molar-refractivity contribution in [1.29, 1.82) is 0 Å². The van der Waals surface area contributed by atoms with Crippen LogP contribution in [-0.2, 0) is 11.3 Å². The highest BCUT2D eigenvalue weighted by molar-refractivity contribution is 7.19. The molecule has 0 saturated carbocycles. The predicted molar refractivity (Wildman–Crippen MR) is 166 cm³/mol. The molecule has 37 heavy (non-hydrogen) atoms. The Morgan fingerprint density at radius 2 is 1.68 bits per heavy atom. The number of benzene rings is 2. The number of nitrogens with zero attached hydrogens (tertiary/aromatic N) is 1. The Kier molecular flexibility index (Phi) is 15.0. The highest BCUT2D eigenvalue weighted by atomic mass is 32.1. The summed E-state index contributed by atoms with van der Waals surface area (Å²) >= 11 is 1.71. The van der Waals surface area contributed by atoms with Gasteiger partial charge >= 0.3 is 0 Å². The molecule has 4 aromatic rings. The van der Waals surface area contributed by atoms with Crippen LogP contribution in [0, 0.1) is 0 Å². The van der Waals surface area contributed by atoms with Crippen molar-refractivity contribution in [3.63, 3.8) is 0 Å². The molecule has 2 aromatic heterocycles. The molecule has 196 valence electrons. The van der Waals surface area contributed by atoms with E-state index in [-0.39, 0.29) is 0 Å². The summed E-state index contributed by atoms with van der Waals surface area (Å²) in [6.07, 6.45) is 7.67. The van der Waals surface area contributed by atoms with Gasteiger partial charge in [0.1, 0.15) is 5.82 Å². The minimum absolute atomic E-state index is 0.563. The van der Waals surface area contributed by atoms with Crippen LogP contribution in [0.2, 0.25) is 0 Å². The first-order chi connectivity index (χ1) is 17.9. The van der Waals surface area contributed by atoms with Crippen LogP contribution in [0.4, 0.5) is 5.82 Å². The first-order valence-electron chi connectivity index (χ1n) is 12.7. The highest BCUT2D eigenvalue weighted by Crippen LogP contribution is 2.30. The fourth-order valence-electron chi connectivity index (χ4n) is 3.16. The van der Waals surface area contributed by atoms with Crippen LogP contribution in [0.3, 0.4) is 0 Å². The van der Waals surface area contributed by atoms with Gasteiger partial charge in [-0.1, -0.05) is 88.8 Å². The molecule has 5 heteroatoms. The summed E-state index contributed by atoms with van der Waals surface area (Å²) in [6, 6.07) is 20.8. The zero-order chi connectivity index (χ0) is 27.6. The maximum absolute atomic E-state index is 10.4. The van der Waals surface area contributed by atoms with Crippen molar-refractivity contribution in [2.45, 2.75) is 54.5 Å². The van der Waals surface area contributed by atoms with Crippen LogP contribution in [-0.4, -0.2) is 11.4 Å². The van der Waals surface area contributed by atoms with Gasteiger partial charge in [-0.25, -0.2) is 4.98 Å². The maximum atomic E-state index is 10.4. The van der Waals surface area contributed by atoms with E-state index >= 15 is 0 Å². The van der Waals surface area contributed by atoms with Crippen LogP contribution >= 0.6 is 11.3 Å². The fourth-order valence-corrected chi connectivity index (χ4v) is 4.16. The summed E-state index contributed by atoms with van der Waals surface area (Å²) in [5.41, 5.74) is 11.1. The van der Waals surface area contributed by atoms with Gasteiger partial charge in [0.15, 0.2) is 0 Å². The lowest BCUT2D eigenvalue weighted by Gasteiger charge is -2.04. The Morgan fingerprint density at radius 3 is 2.22 bits per heavy atom. The molecule has 4 nitrogen and oxygen atoms in total. The number of nitrogens with one attached hydrogen (secondary N) is 1. The molecule has 2 heterocycles. The molecule has 0 aliphatic rings. The molecule has 3 N–H and O–H groups in total. The Balaban J connectivity index is 0.000000381. The predicted octanol–water partition coefficient (Wildman–Crippen LogP) is 8.99. The SMILES string of the molecule is C/C=C/c1ccc(N)nc1.C=C(C)c1ccc(-c2ccc3sc(CNC=O)cc3c2)cc1.CC.CCC. The Hall–Kier alpha value is -3.70.